The second kappa shape index (κ2) is 6.57. The minimum absolute atomic E-state index is 0.0872. The number of ether oxygens (including phenoxy) is 1. The number of likely N-dealkylation sites (tertiary alicyclic amines) is 1. The number of rotatable bonds is 4. The molecule has 0 radical (unpaired) electrons. The summed E-state index contributed by atoms with van der Waals surface area (Å²) in [4.78, 5) is 13.7. The number of nitrogens with two attached hydrogens (primary N) is 1. The van der Waals surface area contributed by atoms with Crippen LogP contribution in [0.25, 0.3) is 0 Å². The summed E-state index contributed by atoms with van der Waals surface area (Å²) in [7, 11) is 0. The highest BCUT2D eigenvalue weighted by Gasteiger charge is 2.32. The maximum Gasteiger partial charge on any atom is 0.410 e. The van der Waals surface area contributed by atoms with E-state index in [4.69, 9.17) is 10.5 Å². The highest BCUT2D eigenvalue weighted by molar-refractivity contribution is 5.68. The number of benzene rings is 1. The van der Waals surface area contributed by atoms with Gasteiger partial charge in [-0.15, -0.1) is 0 Å². The summed E-state index contributed by atoms with van der Waals surface area (Å²) in [5.74, 6) is 0.411. The maximum atomic E-state index is 12.0. The van der Waals surface area contributed by atoms with E-state index in [1.165, 1.54) is 0 Å². The van der Waals surface area contributed by atoms with Crippen molar-refractivity contribution in [3.05, 3.63) is 35.9 Å². The minimum Gasteiger partial charge on any atom is -0.445 e. The highest BCUT2D eigenvalue weighted by atomic mass is 16.6. The third-order valence-electron chi connectivity index (χ3n) is 3.61. The van der Waals surface area contributed by atoms with Gasteiger partial charge in [0.15, 0.2) is 0 Å². The monoisotopic (exact) mass is 262 g/mol. The molecule has 1 aromatic rings. The molecule has 0 aliphatic carbocycles. The Morgan fingerprint density at radius 3 is 2.79 bits per heavy atom. The van der Waals surface area contributed by atoms with Crippen molar-refractivity contribution in [1.82, 2.24) is 4.90 Å². The summed E-state index contributed by atoms with van der Waals surface area (Å²) >= 11 is 0. The zero-order valence-electron chi connectivity index (χ0n) is 11.4. The zero-order valence-corrected chi connectivity index (χ0v) is 11.4. The van der Waals surface area contributed by atoms with Crippen molar-refractivity contribution in [1.29, 1.82) is 0 Å². The van der Waals surface area contributed by atoms with Crippen LogP contribution < -0.4 is 5.73 Å². The Labute approximate surface area is 114 Å². The lowest BCUT2D eigenvalue weighted by Gasteiger charge is -2.16. The molecule has 2 atom stereocenters. The van der Waals surface area contributed by atoms with Gasteiger partial charge in [0.1, 0.15) is 6.61 Å². The minimum atomic E-state index is -0.252. The molecule has 2 rings (SSSR count). The van der Waals surface area contributed by atoms with Gasteiger partial charge in [0.05, 0.1) is 0 Å². The lowest BCUT2D eigenvalue weighted by atomic mass is 9.99. The predicted molar refractivity (Wildman–Crippen MR) is 74.6 cm³/mol. The average molecular weight is 262 g/mol. The molecule has 2 N–H and O–H groups in total. The summed E-state index contributed by atoms with van der Waals surface area (Å²) < 4.78 is 5.32. The highest BCUT2D eigenvalue weighted by Crippen LogP contribution is 2.21. The van der Waals surface area contributed by atoms with Crippen LogP contribution in [0.15, 0.2) is 30.3 Å². The van der Waals surface area contributed by atoms with E-state index in [1.54, 1.807) is 4.90 Å². The molecule has 104 valence electrons. The van der Waals surface area contributed by atoms with Crippen molar-refractivity contribution in [3.63, 3.8) is 0 Å². The number of nitrogens with zero attached hydrogens (tertiary/aromatic N) is 1. The van der Waals surface area contributed by atoms with Gasteiger partial charge in [-0.25, -0.2) is 4.79 Å². The van der Waals surface area contributed by atoms with Crippen LogP contribution in [0.2, 0.25) is 0 Å². The summed E-state index contributed by atoms with van der Waals surface area (Å²) in [6.07, 6.45) is 1.92. The smallest absolute Gasteiger partial charge is 0.410 e. The number of hydrogen-bond acceptors (Lipinski definition) is 3. The number of amides is 1. The summed E-state index contributed by atoms with van der Waals surface area (Å²) in [5, 5.41) is 0. The Morgan fingerprint density at radius 1 is 1.37 bits per heavy atom. The van der Waals surface area contributed by atoms with Crippen molar-refractivity contribution in [2.45, 2.75) is 32.4 Å². The Hall–Kier alpha value is -1.55. The molecule has 1 aromatic carbocycles. The van der Waals surface area contributed by atoms with Crippen LogP contribution >= 0.6 is 0 Å². The molecule has 1 fully saturated rings. The van der Waals surface area contributed by atoms with Gasteiger partial charge in [-0.05, 0) is 17.9 Å². The van der Waals surface area contributed by atoms with Gasteiger partial charge in [0.2, 0.25) is 0 Å². The van der Waals surface area contributed by atoms with Crippen LogP contribution in [0.3, 0.4) is 0 Å². The van der Waals surface area contributed by atoms with Crippen LogP contribution in [-0.2, 0) is 11.3 Å². The fourth-order valence-electron chi connectivity index (χ4n) is 2.53. The van der Waals surface area contributed by atoms with Crippen LogP contribution in [0.4, 0.5) is 4.79 Å². The largest absolute Gasteiger partial charge is 0.445 e. The molecule has 1 heterocycles. The molecule has 0 aromatic heterocycles. The Bertz CT molecular complexity index is 408. The lowest BCUT2D eigenvalue weighted by molar-refractivity contribution is 0.103. The predicted octanol–water partition coefficient (Wildman–Crippen LogP) is 2.38. The standard InChI is InChI=1S/C15H22N2O2/c1-2-6-13-9-17(10-14(13)16)15(18)19-11-12-7-4-3-5-8-12/h3-5,7-8,13-14H,2,6,9-11,16H2,1H3/t13-,14+/m0/s1. The van der Waals surface area contributed by atoms with Crippen molar-refractivity contribution in [2.24, 2.45) is 11.7 Å². The Balaban J connectivity index is 1.81. The van der Waals surface area contributed by atoms with E-state index in [0.717, 1.165) is 24.9 Å². The Morgan fingerprint density at radius 2 is 2.11 bits per heavy atom. The first-order valence-corrected chi connectivity index (χ1v) is 6.92. The Kier molecular flexibility index (Phi) is 4.80. The molecule has 4 heteroatoms. The van der Waals surface area contributed by atoms with E-state index in [9.17, 15) is 4.79 Å². The van der Waals surface area contributed by atoms with Gasteiger partial charge >= 0.3 is 6.09 Å². The van der Waals surface area contributed by atoms with E-state index >= 15 is 0 Å². The second-order valence-corrected chi connectivity index (χ2v) is 5.16. The van der Waals surface area contributed by atoms with Crippen LogP contribution in [0.5, 0.6) is 0 Å². The van der Waals surface area contributed by atoms with Gasteiger partial charge in [-0.3, -0.25) is 0 Å². The maximum absolute atomic E-state index is 12.0. The normalized spacial score (nSPS) is 22.5. The van der Waals surface area contributed by atoms with Crippen molar-refractivity contribution in [2.75, 3.05) is 13.1 Å². The molecule has 1 aliphatic heterocycles. The zero-order chi connectivity index (χ0) is 13.7. The third-order valence-corrected chi connectivity index (χ3v) is 3.61. The van der Waals surface area contributed by atoms with E-state index < -0.39 is 0 Å². The molecule has 0 saturated carbocycles. The molecule has 1 aliphatic rings. The van der Waals surface area contributed by atoms with Crippen LogP contribution in [0.1, 0.15) is 25.3 Å². The molecule has 0 unspecified atom stereocenters. The van der Waals surface area contributed by atoms with Gasteiger partial charge in [-0.2, -0.15) is 0 Å². The number of hydrogen-bond donors (Lipinski definition) is 1. The topological polar surface area (TPSA) is 55.6 Å². The van der Waals surface area contributed by atoms with Gasteiger partial charge in [-0.1, -0.05) is 43.7 Å². The average Bonchev–Trinajstić information content (AvgIpc) is 2.79. The summed E-state index contributed by atoms with van der Waals surface area (Å²) in [6.45, 7) is 3.80. The molecule has 0 bridgehead atoms. The summed E-state index contributed by atoms with van der Waals surface area (Å²) in [5.41, 5.74) is 7.06. The van der Waals surface area contributed by atoms with Crippen LogP contribution in [0, 0.1) is 5.92 Å². The number of carbonyl (C=O) groups excluding carboxylic acids is 1. The molecular weight excluding hydrogens is 240 g/mol. The SMILES string of the molecule is CCC[C@H]1CN(C(=O)OCc2ccccc2)C[C@H]1N. The van der Waals surface area contributed by atoms with E-state index in [1.807, 2.05) is 30.3 Å². The molecule has 1 saturated heterocycles. The number of carbonyl (C=O) groups is 1. The van der Waals surface area contributed by atoms with E-state index in [2.05, 4.69) is 6.92 Å². The van der Waals surface area contributed by atoms with E-state index in [0.29, 0.717) is 19.1 Å². The molecule has 0 spiro atoms. The van der Waals surface area contributed by atoms with Crippen LogP contribution in [-0.4, -0.2) is 30.1 Å². The first-order chi connectivity index (χ1) is 9.20. The molecule has 19 heavy (non-hydrogen) atoms. The second-order valence-electron chi connectivity index (χ2n) is 5.16. The van der Waals surface area contributed by atoms with E-state index in [-0.39, 0.29) is 12.1 Å². The van der Waals surface area contributed by atoms with Gasteiger partial charge < -0.3 is 15.4 Å². The fraction of sp³-hybridized carbons (Fsp3) is 0.533. The molecule has 4 nitrogen and oxygen atoms in total. The van der Waals surface area contributed by atoms with Gasteiger partial charge in [0, 0.05) is 19.1 Å². The lowest BCUT2D eigenvalue weighted by Crippen LogP contribution is -2.32. The fourth-order valence-corrected chi connectivity index (χ4v) is 2.53. The first kappa shape index (κ1) is 13.9. The van der Waals surface area contributed by atoms with Crippen molar-refractivity contribution in [3.8, 4) is 0 Å². The van der Waals surface area contributed by atoms with Gasteiger partial charge in [0.25, 0.3) is 0 Å². The first-order valence-electron chi connectivity index (χ1n) is 6.92. The van der Waals surface area contributed by atoms with Crippen molar-refractivity contribution >= 4 is 6.09 Å². The van der Waals surface area contributed by atoms with Crippen molar-refractivity contribution < 1.29 is 9.53 Å². The molecule has 1 amide bonds. The third kappa shape index (κ3) is 3.70. The quantitative estimate of drug-likeness (QED) is 0.906. The molecular formula is C15H22N2O2. The summed E-state index contributed by atoms with van der Waals surface area (Å²) in [6, 6.07) is 9.80.